The molecule has 0 spiro atoms. The number of rotatable bonds is 4. The summed E-state index contributed by atoms with van der Waals surface area (Å²) in [4.78, 5) is 23.4. The van der Waals surface area contributed by atoms with Crippen molar-refractivity contribution in [2.45, 2.75) is 32.1 Å². The third-order valence-electron chi connectivity index (χ3n) is 2.86. The zero-order chi connectivity index (χ0) is 18.1. The summed E-state index contributed by atoms with van der Waals surface area (Å²) < 4.78 is 0. The highest BCUT2D eigenvalue weighted by molar-refractivity contribution is 5.97. The number of aliphatic hydroxyl groups is 2. The van der Waals surface area contributed by atoms with Crippen LogP contribution in [0.5, 0.6) is 0 Å². The minimum atomic E-state index is -1.28. The van der Waals surface area contributed by atoms with E-state index >= 15 is 0 Å². The van der Waals surface area contributed by atoms with E-state index in [1.807, 2.05) is 0 Å². The summed E-state index contributed by atoms with van der Waals surface area (Å²) in [5, 5.41) is 29.4. The molecular formula is C17H18N2O5. The van der Waals surface area contributed by atoms with Crippen LogP contribution in [0.4, 0.5) is 0 Å². The summed E-state index contributed by atoms with van der Waals surface area (Å²) in [6.45, 7) is 2.84. The van der Waals surface area contributed by atoms with Crippen LogP contribution in [0, 0.1) is 23.7 Å². The van der Waals surface area contributed by atoms with Gasteiger partial charge in [0, 0.05) is 11.1 Å². The van der Waals surface area contributed by atoms with Gasteiger partial charge in [0.15, 0.2) is 0 Å². The highest BCUT2D eigenvalue weighted by atomic mass is 16.5. The molecule has 2 amide bonds. The van der Waals surface area contributed by atoms with Crippen molar-refractivity contribution in [2.24, 2.45) is 0 Å². The molecule has 0 aliphatic carbocycles. The molecule has 7 heteroatoms. The quantitative estimate of drug-likeness (QED) is 0.287. The van der Waals surface area contributed by atoms with Crippen LogP contribution in [-0.2, 0) is 4.79 Å². The Bertz CT molecular complexity index is 702. The standard InChI is InChI=1S/C17H18N2O5/c1-11(20)5-3-4-6-13-7-9-14(10-8-13)16(22)18-15(12(2)21)17(23)19-24/h7-12,15,20-21,24H,1-2H3,(H,18,22)(H,19,23)/t11-,12?,15?/m0/s1. The van der Waals surface area contributed by atoms with Gasteiger partial charge in [0.25, 0.3) is 11.8 Å². The summed E-state index contributed by atoms with van der Waals surface area (Å²) in [5.74, 6) is 8.78. The maximum atomic E-state index is 12.1. The van der Waals surface area contributed by atoms with Crippen molar-refractivity contribution in [1.29, 1.82) is 0 Å². The molecule has 1 rings (SSSR count). The van der Waals surface area contributed by atoms with Crippen LogP contribution < -0.4 is 10.8 Å². The summed E-state index contributed by atoms with van der Waals surface area (Å²) in [7, 11) is 0. The number of benzene rings is 1. The topological polar surface area (TPSA) is 119 Å². The molecule has 24 heavy (non-hydrogen) atoms. The average Bonchev–Trinajstić information content (AvgIpc) is 2.55. The van der Waals surface area contributed by atoms with Crippen LogP contribution in [0.15, 0.2) is 24.3 Å². The Balaban J connectivity index is 2.80. The molecule has 126 valence electrons. The van der Waals surface area contributed by atoms with E-state index in [-0.39, 0.29) is 5.56 Å². The predicted molar refractivity (Wildman–Crippen MR) is 85.6 cm³/mol. The maximum absolute atomic E-state index is 12.1. The lowest BCUT2D eigenvalue weighted by molar-refractivity contribution is -0.133. The number of carbonyl (C=O) groups is 2. The molecule has 0 saturated carbocycles. The summed E-state index contributed by atoms with van der Waals surface area (Å²) in [5.41, 5.74) is 2.26. The fraction of sp³-hybridized carbons (Fsp3) is 0.294. The highest BCUT2D eigenvalue weighted by Gasteiger charge is 2.25. The Morgan fingerprint density at radius 1 is 1.08 bits per heavy atom. The van der Waals surface area contributed by atoms with Crippen molar-refractivity contribution in [3.05, 3.63) is 35.4 Å². The van der Waals surface area contributed by atoms with E-state index in [0.717, 1.165) is 0 Å². The van der Waals surface area contributed by atoms with Gasteiger partial charge < -0.3 is 15.5 Å². The molecule has 0 aliphatic rings. The lowest BCUT2D eigenvalue weighted by Gasteiger charge is -2.19. The molecule has 2 unspecified atom stereocenters. The molecule has 0 bridgehead atoms. The molecule has 3 atom stereocenters. The van der Waals surface area contributed by atoms with E-state index in [0.29, 0.717) is 5.56 Å². The number of nitrogens with one attached hydrogen (secondary N) is 2. The first kappa shape index (κ1) is 19.2. The van der Waals surface area contributed by atoms with E-state index in [1.54, 1.807) is 12.1 Å². The molecule has 7 nitrogen and oxygen atoms in total. The zero-order valence-corrected chi connectivity index (χ0v) is 13.2. The zero-order valence-electron chi connectivity index (χ0n) is 13.2. The largest absolute Gasteiger partial charge is 0.391 e. The van der Waals surface area contributed by atoms with Gasteiger partial charge in [-0.15, -0.1) is 0 Å². The highest BCUT2D eigenvalue weighted by Crippen LogP contribution is 2.05. The minimum Gasteiger partial charge on any atom is -0.391 e. The maximum Gasteiger partial charge on any atom is 0.268 e. The number of aliphatic hydroxyl groups excluding tert-OH is 2. The SMILES string of the molecule is CC(O)C(NC(=O)c1ccc(C#CC#C[C@H](C)O)cc1)C(=O)NO. The van der Waals surface area contributed by atoms with Gasteiger partial charge in [0.05, 0.1) is 6.10 Å². The molecule has 0 heterocycles. The second-order valence-electron chi connectivity index (χ2n) is 4.94. The normalized spacial score (nSPS) is 13.2. The van der Waals surface area contributed by atoms with Crippen molar-refractivity contribution in [3.8, 4) is 23.7 Å². The molecule has 0 aromatic heterocycles. The van der Waals surface area contributed by atoms with Crippen molar-refractivity contribution in [3.63, 3.8) is 0 Å². The average molecular weight is 330 g/mol. The lowest BCUT2D eigenvalue weighted by atomic mass is 10.1. The smallest absolute Gasteiger partial charge is 0.268 e. The van der Waals surface area contributed by atoms with Crippen LogP contribution >= 0.6 is 0 Å². The van der Waals surface area contributed by atoms with E-state index < -0.39 is 30.1 Å². The summed E-state index contributed by atoms with van der Waals surface area (Å²) >= 11 is 0. The van der Waals surface area contributed by atoms with Crippen LogP contribution in [0.2, 0.25) is 0 Å². The van der Waals surface area contributed by atoms with E-state index in [4.69, 9.17) is 10.3 Å². The Labute approximate surface area is 139 Å². The third kappa shape index (κ3) is 6.11. The van der Waals surface area contributed by atoms with Gasteiger partial charge in [-0.2, -0.15) is 0 Å². The van der Waals surface area contributed by atoms with Crippen molar-refractivity contribution in [1.82, 2.24) is 10.8 Å². The van der Waals surface area contributed by atoms with Crippen LogP contribution in [-0.4, -0.2) is 45.5 Å². The molecule has 0 radical (unpaired) electrons. The van der Waals surface area contributed by atoms with Crippen molar-refractivity contribution in [2.75, 3.05) is 0 Å². The molecule has 1 aromatic carbocycles. The van der Waals surface area contributed by atoms with Crippen molar-refractivity contribution < 1.29 is 25.0 Å². The fourth-order valence-corrected chi connectivity index (χ4v) is 1.65. The van der Waals surface area contributed by atoms with Crippen LogP contribution in [0.1, 0.15) is 29.8 Å². The molecule has 0 saturated heterocycles. The second kappa shape index (κ2) is 9.33. The van der Waals surface area contributed by atoms with Gasteiger partial charge in [0.2, 0.25) is 0 Å². The first-order valence-electron chi connectivity index (χ1n) is 7.07. The third-order valence-corrected chi connectivity index (χ3v) is 2.86. The van der Waals surface area contributed by atoms with Gasteiger partial charge in [-0.1, -0.05) is 11.8 Å². The van der Waals surface area contributed by atoms with Gasteiger partial charge in [0.1, 0.15) is 12.1 Å². The first-order chi connectivity index (χ1) is 11.3. The minimum absolute atomic E-state index is 0.256. The Morgan fingerprint density at radius 3 is 2.21 bits per heavy atom. The van der Waals surface area contributed by atoms with Gasteiger partial charge in [-0.25, -0.2) is 5.48 Å². The van der Waals surface area contributed by atoms with Crippen LogP contribution in [0.25, 0.3) is 0 Å². The van der Waals surface area contributed by atoms with Gasteiger partial charge >= 0.3 is 0 Å². The first-order valence-corrected chi connectivity index (χ1v) is 7.07. The van der Waals surface area contributed by atoms with E-state index in [9.17, 15) is 14.7 Å². The Kier molecular flexibility index (Phi) is 7.47. The number of amides is 2. The summed E-state index contributed by atoms with van der Waals surface area (Å²) in [6.07, 6.45) is -1.93. The fourth-order valence-electron chi connectivity index (χ4n) is 1.65. The van der Waals surface area contributed by atoms with Gasteiger partial charge in [-0.3, -0.25) is 14.8 Å². The lowest BCUT2D eigenvalue weighted by Crippen LogP contribution is -2.51. The second-order valence-corrected chi connectivity index (χ2v) is 4.94. The number of hydrogen-bond donors (Lipinski definition) is 5. The molecule has 5 N–H and O–H groups in total. The van der Waals surface area contributed by atoms with Gasteiger partial charge in [-0.05, 0) is 50.0 Å². The Hall–Kier alpha value is -2.84. The molecular weight excluding hydrogens is 312 g/mol. The monoisotopic (exact) mass is 330 g/mol. The van der Waals surface area contributed by atoms with Crippen molar-refractivity contribution >= 4 is 11.8 Å². The predicted octanol–water partition coefficient (Wildman–Crippen LogP) is -0.593. The van der Waals surface area contributed by atoms with E-state index in [2.05, 4.69) is 29.0 Å². The molecule has 1 aromatic rings. The number of hydrogen-bond acceptors (Lipinski definition) is 5. The number of carbonyl (C=O) groups excluding carboxylic acids is 2. The van der Waals surface area contributed by atoms with Crippen LogP contribution in [0.3, 0.4) is 0 Å². The molecule has 0 aliphatic heterocycles. The van der Waals surface area contributed by atoms with E-state index in [1.165, 1.54) is 31.5 Å². The number of hydroxylamine groups is 1. The summed E-state index contributed by atoms with van der Waals surface area (Å²) in [6, 6.07) is 4.90. The Morgan fingerprint density at radius 2 is 1.71 bits per heavy atom. The molecule has 0 fully saturated rings.